The van der Waals surface area contributed by atoms with Gasteiger partial charge in [-0.2, -0.15) is 5.26 Å². The number of Topliss-reactive ketones (excluding diaryl/α,β-unsaturated/α-hetero) is 1. The second kappa shape index (κ2) is 10.2. The van der Waals surface area contributed by atoms with E-state index in [0.29, 0.717) is 37.5 Å². The molecule has 0 spiro atoms. The molecule has 2 aromatic rings. The van der Waals surface area contributed by atoms with Crippen molar-refractivity contribution >= 4 is 23.2 Å². The van der Waals surface area contributed by atoms with Gasteiger partial charge in [-0.3, -0.25) is 4.79 Å². The minimum absolute atomic E-state index is 0.138. The van der Waals surface area contributed by atoms with Gasteiger partial charge in [0.25, 0.3) is 0 Å². The third-order valence-electron chi connectivity index (χ3n) is 6.09. The molecule has 7 heteroatoms. The van der Waals surface area contributed by atoms with E-state index in [1.165, 1.54) is 4.88 Å². The molecule has 1 saturated carbocycles. The van der Waals surface area contributed by atoms with Crippen molar-refractivity contribution in [3.63, 3.8) is 0 Å². The van der Waals surface area contributed by atoms with Gasteiger partial charge < -0.3 is 14.8 Å². The Morgan fingerprint density at radius 1 is 1.28 bits per heavy atom. The van der Waals surface area contributed by atoms with Gasteiger partial charge in [-0.05, 0) is 67.7 Å². The number of nitriles is 1. The molecule has 1 heterocycles. The van der Waals surface area contributed by atoms with Crippen molar-refractivity contribution in [2.75, 3.05) is 13.7 Å². The van der Waals surface area contributed by atoms with Crippen LogP contribution >= 0.6 is 11.3 Å². The maximum absolute atomic E-state index is 12.7. The Kier molecular flexibility index (Phi) is 7.11. The van der Waals surface area contributed by atoms with E-state index >= 15 is 0 Å². The van der Waals surface area contributed by atoms with Crippen LogP contribution in [0.15, 0.2) is 24.3 Å². The van der Waals surface area contributed by atoms with E-state index in [-0.39, 0.29) is 17.8 Å². The molecule has 32 heavy (non-hydrogen) atoms. The maximum atomic E-state index is 12.7. The van der Waals surface area contributed by atoms with Crippen molar-refractivity contribution in [2.24, 2.45) is 5.92 Å². The van der Waals surface area contributed by atoms with E-state index in [9.17, 15) is 14.9 Å². The number of hydrogen-bond donors (Lipinski definition) is 1. The van der Waals surface area contributed by atoms with Gasteiger partial charge in [-0.15, -0.1) is 11.3 Å². The molecule has 4 rings (SSSR count). The smallest absolute Gasteiger partial charge is 0.407 e. The fourth-order valence-corrected chi connectivity index (χ4v) is 5.56. The highest BCUT2D eigenvalue weighted by Gasteiger charge is 2.28. The maximum Gasteiger partial charge on any atom is 0.407 e. The van der Waals surface area contributed by atoms with Crippen LogP contribution in [0.25, 0.3) is 0 Å². The zero-order chi connectivity index (χ0) is 22.5. The normalized spacial score (nSPS) is 17.2. The summed E-state index contributed by atoms with van der Waals surface area (Å²) < 4.78 is 10.6. The lowest BCUT2D eigenvalue weighted by Gasteiger charge is -2.22. The molecule has 0 radical (unpaired) electrons. The van der Waals surface area contributed by atoms with E-state index in [2.05, 4.69) is 11.4 Å². The zero-order valence-corrected chi connectivity index (χ0v) is 19.1. The Morgan fingerprint density at radius 3 is 2.88 bits per heavy atom. The highest BCUT2D eigenvalue weighted by molar-refractivity contribution is 7.12. The van der Waals surface area contributed by atoms with Crippen molar-refractivity contribution in [1.82, 2.24) is 5.32 Å². The molecule has 1 fully saturated rings. The van der Waals surface area contributed by atoms with E-state index in [4.69, 9.17) is 9.47 Å². The monoisotopic (exact) mass is 452 g/mol. The van der Waals surface area contributed by atoms with Gasteiger partial charge in [0.2, 0.25) is 0 Å². The second-order valence-corrected chi connectivity index (χ2v) is 9.80. The summed E-state index contributed by atoms with van der Waals surface area (Å²) in [6.07, 6.45) is 5.62. The first kappa shape index (κ1) is 22.3. The van der Waals surface area contributed by atoms with E-state index in [0.717, 1.165) is 53.9 Å². The highest BCUT2D eigenvalue weighted by Crippen LogP contribution is 2.37. The summed E-state index contributed by atoms with van der Waals surface area (Å²) in [4.78, 5) is 26.5. The van der Waals surface area contributed by atoms with Crippen LogP contribution in [0.4, 0.5) is 4.79 Å². The number of carbonyl (C=O) groups excluding carboxylic acids is 2. The van der Waals surface area contributed by atoms with Gasteiger partial charge >= 0.3 is 6.09 Å². The molecule has 1 aromatic carbocycles. The number of nitrogens with one attached hydrogen (secondary N) is 1. The van der Waals surface area contributed by atoms with Crippen molar-refractivity contribution in [3.05, 3.63) is 50.7 Å². The summed E-state index contributed by atoms with van der Waals surface area (Å²) in [6.45, 7) is 0.395. The second-order valence-electron chi connectivity index (χ2n) is 8.61. The lowest BCUT2D eigenvalue weighted by Crippen LogP contribution is -2.29. The summed E-state index contributed by atoms with van der Waals surface area (Å²) in [5, 5.41) is 12.6. The van der Waals surface area contributed by atoms with E-state index in [1.807, 2.05) is 24.3 Å². The Bertz CT molecular complexity index is 1040. The minimum Gasteiger partial charge on any atom is -0.497 e. The minimum atomic E-state index is -0.329. The van der Waals surface area contributed by atoms with Crippen molar-refractivity contribution in [2.45, 2.75) is 57.4 Å². The van der Waals surface area contributed by atoms with E-state index in [1.54, 1.807) is 18.4 Å². The van der Waals surface area contributed by atoms with Crippen molar-refractivity contribution in [1.29, 1.82) is 5.26 Å². The van der Waals surface area contributed by atoms with E-state index < -0.39 is 0 Å². The van der Waals surface area contributed by atoms with Crippen molar-refractivity contribution < 1.29 is 19.1 Å². The lowest BCUT2D eigenvalue weighted by atomic mass is 9.87. The first-order valence-electron chi connectivity index (χ1n) is 11.2. The predicted octanol–water partition coefficient (Wildman–Crippen LogP) is 4.37. The van der Waals surface area contributed by atoms with Crippen LogP contribution in [-0.2, 0) is 35.2 Å². The molecular formula is C25H28N2O4S. The van der Waals surface area contributed by atoms with Gasteiger partial charge in [-0.25, -0.2) is 4.79 Å². The summed E-state index contributed by atoms with van der Waals surface area (Å²) >= 11 is 1.58. The molecule has 1 atom stereocenters. The van der Waals surface area contributed by atoms with Crippen molar-refractivity contribution in [3.8, 4) is 11.8 Å². The predicted molar refractivity (Wildman–Crippen MR) is 122 cm³/mol. The third kappa shape index (κ3) is 5.68. The van der Waals surface area contributed by atoms with Crippen LogP contribution in [0.5, 0.6) is 5.75 Å². The standard InChI is InChI=1S/C25H28N2O4S/c1-30-20-4-2-3-16(11-20)5-9-19(28)13-24-22(14-26)21-10-6-17(12-23(21)32-24)15-31-25(29)27-18-7-8-18/h2-4,11,17-18H,5-10,12-13,15H2,1H3,(H,27,29). The zero-order valence-electron chi connectivity index (χ0n) is 18.3. The number of fused-ring (bicyclic) bond motifs is 1. The summed E-state index contributed by atoms with van der Waals surface area (Å²) in [6, 6.07) is 10.4. The summed E-state index contributed by atoms with van der Waals surface area (Å²) in [7, 11) is 1.63. The number of hydrogen-bond acceptors (Lipinski definition) is 6. The number of alkyl carbamates (subject to hydrolysis) is 1. The fraction of sp³-hybridized carbons (Fsp3) is 0.480. The number of benzene rings is 1. The molecule has 0 aliphatic heterocycles. The van der Waals surface area contributed by atoms with Gasteiger partial charge in [0, 0.05) is 28.6 Å². The van der Waals surface area contributed by atoms with Crippen LogP contribution in [0.1, 0.15) is 52.1 Å². The number of rotatable bonds is 9. The molecule has 1 aromatic heterocycles. The topological polar surface area (TPSA) is 88.4 Å². The number of ketones is 1. The first-order chi connectivity index (χ1) is 15.6. The van der Waals surface area contributed by atoms with Gasteiger partial charge in [-0.1, -0.05) is 12.1 Å². The highest BCUT2D eigenvalue weighted by atomic mass is 32.1. The molecular weight excluding hydrogens is 424 g/mol. The number of amides is 1. The Labute approximate surface area is 192 Å². The molecule has 1 N–H and O–H groups in total. The summed E-state index contributed by atoms with van der Waals surface area (Å²) in [5.74, 6) is 1.19. The number of ether oxygens (including phenoxy) is 2. The Hall–Kier alpha value is -2.85. The van der Waals surface area contributed by atoms with Gasteiger partial charge in [0.15, 0.2) is 0 Å². The molecule has 0 saturated heterocycles. The van der Waals surface area contributed by atoms with Gasteiger partial charge in [0.05, 0.1) is 19.3 Å². The number of carbonyl (C=O) groups is 2. The number of methoxy groups -OCH3 is 1. The van der Waals surface area contributed by atoms with Crippen LogP contribution in [0.3, 0.4) is 0 Å². The van der Waals surface area contributed by atoms with Crippen LogP contribution in [-0.4, -0.2) is 31.6 Å². The van der Waals surface area contributed by atoms with Crippen LogP contribution in [0.2, 0.25) is 0 Å². The molecule has 2 aliphatic carbocycles. The molecule has 1 amide bonds. The SMILES string of the molecule is COc1cccc(CCC(=O)Cc2sc3c(c2C#N)CCC(COC(=O)NC2CC2)C3)c1. The number of thiophene rings is 1. The average Bonchev–Trinajstić information content (AvgIpc) is 3.55. The first-order valence-corrected chi connectivity index (χ1v) is 12.0. The average molecular weight is 453 g/mol. The van der Waals surface area contributed by atoms with Crippen LogP contribution < -0.4 is 10.1 Å². The molecule has 0 bridgehead atoms. The Morgan fingerprint density at radius 2 is 2.12 bits per heavy atom. The lowest BCUT2D eigenvalue weighted by molar-refractivity contribution is -0.118. The quantitative estimate of drug-likeness (QED) is 0.610. The third-order valence-corrected chi connectivity index (χ3v) is 7.34. The molecule has 168 valence electrons. The number of nitrogens with zero attached hydrogens (tertiary/aromatic N) is 1. The summed E-state index contributed by atoms with van der Waals surface area (Å²) in [5.41, 5.74) is 2.84. The largest absolute Gasteiger partial charge is 0.497 e. The number of aryl methyl sites for hydroxylation is 1. The van der Waals surface area contributed by atoms with Crippen LogP contribution in [0, 0.1) is 17.2 Å². The molecule has 2 aliphatic rings. The van der Waals surface area contributed by atoms with Gasteiger partial charge in [0.1, 0.15) is 17.6 Å². The fourth-order valence-electron chi connectivity index (χ4n) is 4.12. The Balaban J connectivity index is 1.32. The molecule has 6 nitrogen and oxygen atoms in total. The molecule has 1 unspecified atom stereocenters.